The van der Waals surface area contributed by atoms with Crippen molar-refractivity contribution in [3.05, 3.63) is 54.1 Å². The van der Waals surface area contributed by atoms with Crippen molar-refractivity contribution in [3.63, 3.8) is 0 Å². The minimum absolute atomic E-state index is 0.313. The molecule has 2 aromatic rings. The van der Waals surface area contributed by atoms with E-state index in [-0.39, 0.29) is 6.04 Å². The lowest BCUT2D eigenvalue weighted by molar-refractivity contribution is 0.413. The molecule has 0 heterocycles. The average molecular weight is 305 g/mol. The Balaban J connectivity index is 2.10. The number of hydrogen-bond donors (Lipinski definition) is 1. The predicted octanol–water partition coefficient (Wildman–Crippen LogP) is 2.51. The van der Waals surface area contributed by atoms with Crippen molar-refractivity contribution in [2.45, 2.75) is 10.9 Å². The van der Waals surface area contributed by atoms with Crippen LogP contribution in [0.5, 0.6) is 11.5 Å². The van der Waals surface area contributed by atoms with E-state index in [1.807, 2.05) is 42.5 Å². The molecule has 0 spiro atoms. The van der Waals surface area contributed by atoms with Crippen LogP contribution in [0.1, 0.15) is 11.6 Å². The van der Waals surface area contributed by atoms with Crippen LogP contribution in [0.25, 0.3) is 0 Å². The van der Waals surface area contributed by atoms with Gasteiger partial charge in [-0.1, -0.05) is 18.2 Å². The Morgan fingerprint density at radius 3 is 2.33 bits per heavy atom. The zero-order chi connectivity index (χ0) is 15.2. The van der Waals surface area contributed by atoms with Gasteiger partial charge in [-0.2, -0.15) is 0 Å². The number of rotatable bonds is 6. The van der Waals surface area contributed by atoms with Crippen LogP contribution in [0, 0.1) is 0 Å². The molecule has 2 atom stereocenters. The summed E-state index contributed by atoms with van der Waals surface area (Å²) in [6, 6.07) is 14.4. The van der Waals surface area contributed by atoms with E-state index >= 15 is 0 Å². The summed E-state index contributed by atoms with van der Waals surface area (Å²) in [5.74, 6) is 1.78. The van der Waals surface area contributed by atoms with Crippen LogP contribution in [0.4, 0.5) is 0 Å². The van der Waals surface area contributed by atoms with Crippen molar-refractivity contribution in [2.75, 3.05) is 20.0 Å². The summed E-state index contributed by atoms with van der Waals surface area (Å²) in [5, 5.41) is 0. The van der Waals surface area contributed by atoms with E-state index in [9.17, 15) is 4.21 Å². The van der Waals surface area contributed by atoms with Gasteiger partial charge in [0.1, 0.15) is 11.5 Å². The molecular formula is C16H19NO3S. The quantitative estimate of drug-likeness (QED) is 0.891. The van der Waals surface area contributed by atoms with Gasteiger partial charge in [0.2, 0.25) is 0 Å². The van der Waals surface area contributed by atoms with E-state index < -0.39 is 10.8 Å². The molecule has 0 saturated carbocycles. The molecule has 2 unspecified atom stereocenters. The van der Waals surface area contributed by atoms with E-state index in [4.69, 9.17) is 15.2 Å². The van der Waals surface area contributed by atoms with Gasteiger partial charge in [0.15, 0.2) is 0 Å². The normalized spacial score (nSPS) is 13.5. The first-order valence-corrected chi connectivity index (χ1v) is 7.88. The van der Waals surface area contributed by atoms with Gasteiger partial charge < -0.3 is 15.2 Å². The molecule has 0 aliphatic rings. The van der Waals surface area contributed by atoms with Crippen LogP contribution >= 0.6 is 0 Å². The van der Waals surface area contributed by atoms with Crippen molar-refractivity contribution in [2.24, 2.45) is 5.73 Å². The van der Waals surface area contributed by atoms with Gasteiger partial charge >= 0.3 is 0 Å². The maximum atomic E-state index is 12.4. The number of ether oxygens (including phenoxy) is 2. The van der Waals surface area contributed by atoms with Crippen LogP contribution in [0.2, 0.25) is 0 Å². The van der Waals surface area contributed by atoms with E-state index in [0.29, 0.717) is 16.4 Å². The summed E-state index contributed by atoms with van der Waals surface area (Å²) >= 11 is 0. The van der Waals surface area contributed by atoms with Crippen molar-refractivity contribution in [1.29, 1.82) is 0 Å². The fraction of sp³-hybridized carbons (Fsp3) is 0.250. The lowest BCUT2D eigenvalue weighted by atomic mass is 10.1. The second-order valence-corrected chi connectivity index (χ2v) is 6.07. The van der Waals surface area contributed by atoms with Gasteiger partial charge in [0.05, 0.1) is 25.0 Å². The van der Waals surface area contributed by atoms with Crippen molar-refractivity contribution in [3.8, 4) is 11.5 Å². The van der Waals surface area contributed by atoms with E-state index in [0.717, 1.165) is 11.3 Å². The van der Waals surface area contributed by atoms with Crippen molar-refractivity contribution in [1.82, 2.24) is 0 Å². The lowest BCUT2D eigenvalue weighted by Crippen LogP contribution is -2.18. The Morgan fingerprint density at radius 2 is 1.67 bits per heavy atom. The maximum Gasteiger partial charge on any atom is 0.120 e. The molecule has 0 bridgehead atoms. The molecule has 2 aromatic carbocycles. The average Bonchev–Trinajstić information content (AvgIpc) is 2.54. The van der Waals surface area contributed by atoms with E-state index in [1.165, 1.54) is 0 Å². The molecule has 4 nitrogen and oxygen atoms in total. The zero-order valence-electron chi connectivity index (χ0n) is 12.1. The second kappa shape index (κ2) is 7.24. The number of hydrogen-bond acceptors (Lipinski definition) is 4. The number of benzene rings is 2. The van der Waals surface area contributed by atoms with Crippen LogP contribution in [-0.2, 0) is 10.8 Å². The Labute approximate surface area is 127 Å². The fourth-order valence-corrected chi connectivity index (χ4v) is 3.16. The molecule has 2 rings (SSSR count). The summed E-state index contributed by atoms with van der Waals surface area (Å²) < 4.78 is 22.7. The first-order valence-electron chi connectivity index (χ1n) is 6.56. The summed E-state index contributed by atoms with van der Waals surface area (Å²) in [7, 11) is 2.02. The topological polar surface area (TPSA) is 61.5 Å². The van der Waals surface area contributed by atoms with E-state index in [2.05, 4.69) is 0 Å². The van der Waals surface area contributed by atoms with Crippen LogP contribution in [0.3, 0.4) is 0 Å². The minimum Gasteiger partial charge on any atom is -0.497 e. The highest BCUT2D eigenvalue weighted by atomic mass is 32.2. The SMILES string of the molecule is COc1cccc(C(N)CS(=O)c2cccc(OC)c2)c1. The number of methoxy groups -OCH3 is 2. The molecule has 0 amide bonds. The molecule has 0 aromatic heterocycles. The van der Waals surface area contributed by atoms with Crippen LogP contribution < -0.4 is 15.2 Å². The van der Waals surface area contributed by atoms with Gasteiger partial charge in [-0.15, -0.1) is 0 Å². The Bertz CT molecular complexity index is 630. The zero-order valence-corrected chi connectivity index (χ0v) is 12.9. The Morgan fingerprint density at radius 1 is 1.05 bits per heavy atom. The Hall–Kier alpha value is -1.85. The summed E-state index contributed by atoms with van der Waals surface area (Å²) in [6.07, 6.45) is 0. The summed E-state index contributed by atoms with van der Waals surface area (Å²) in [6.45, 7) is 0. The molecule has 0 radical (unpaired) electrons. The molecule has 0 fully saturated rings. The molecule has 0 aliphatic heterocycles. The molecule has 0 aliphatic carbocycles. The van der Waals surface area contributed by atoms with Gasteiger partial charge in [0, 0.05) is 16.7 Å². The highest BCUT2D eigenvalue weighted by Gasteiger charge is 2.13. The monoisotopic (exact) mass is 305 g/mol. The highest BCUT2D eigenvalue weighted by Crippen LogP contribution is 2.21. The maximum absolute atomic E-state index is 12.4. The van der Waals surface area contributed by atoms with Gasteiger partial charge in [-0.05, 0) is 35.9 Å². The largest absolute Gasteiger partial charge is 0.497 e. The summed E-state index contributed by atoms with van der Waals surface area (Å²) in [5.41, 5.74) is 7.06. The number of nitrogens with two attached hydrogens (primary N) is 1. The van der Waals surface area contributed by atoms with Crippen LogP contribution in [0.15, 0.2) is 53.4 Å². The Kier molecular flexibility index (Phi) is 5.36. The minimum atomic E-state index is -1.18. The van der Waals surface area contributed by atoms with Gasteiger partial charge in [-0.3, -0.25) is 4.21 Å². The molecular weight excluding hydrogens is 286 g/mol. The van der Waals surface area contributed by atoms with Gasteiger partial charge in [-0.25, -0.2) is 0 Å². The summed E-state index contributed by atoms with van der Waals surface area (Å²) in [4.78, 5) is 0.715. The lowest BCUT2D eigenvalue weighted by Gasteiger charge is -2.13. The highest BCUT2D eigenvalue weighted by molar-refractivity contribution is 7.85. The van der Waals surface area contributed by atoms with Crippen LogP contribution in [-0.4, -0.2) is 24.2 Å². The fourth-order valence-electron chi connectivity index (χ4n) is 1.97. The third-order valence-electron chi connectivity index (χ3n) is 3.16. The smallest absolute Gasteiger partial charge is 0.120 e. The standard InChI is InChI=1S/C16H19NO3S/c1-19-13-6-3-5-12(9-13)16(17)11-21(18)15-8-4-7-14(10-15)20-2/h3-10,16H,11,17H2,1-2H3. The first kappa shape index (κ1) is 15.5. The third-order valence-corrected chi connectivity index (χ3v) is 4.60. The molecule has 0 saturated heterocycles. The third kappa shape index (κ3) is 4.06. The molecule has 5 heteroatoms. The van der Waals surface area contributed by atoms with Gasteiger partial charge in [0.25, 0.3) is 0 Å². The predicted molar refractivity (Wildman–Crippen MR) is 84.2 cm³/mol. The van der Waals surface area contributed by atoms with E-state index in [1.54, 1.807) is 20.3 Å². The molecule has 112 valence electrons. The molecule has 2 N–H and O–H groups in total. The molecule has 21 heavy (non-hydrogen) atoms. The second-order valence-electron chi connectivity index (χ2n) is 4.57. The van der Waals surface area contributed by atoms with Crippen molar-refractivity contribution >= 4 is 10.8 Å². The first-order chi connectivity index (χ1) is 10.1. The van der Waals surface area contributed by atoms with Crippen molar-refractivity contribution < 1.29 is 13.7 Å².